The highest BCUT2D eigenvalue weighted by Crippen LogP contribution is 2.20. The van der Waals surface area contributed by atoms with Gasteiger partial charge in [0.15, 0.2) is 0 Å². The summed E-state index contributed by atoms with van der Waals surface area (Å²) in [4.78, 5) is 27.2. The molecule has 2 N–H and O–H groups in total. The summed E-state index contributed by atoms with van der Waals surface area (Å²) >= 11 is 0. The molecule has 0 radical (unpaired) electrons. The Bertz CT molecular complexity index is 853. The highest BCUT2D eigenvalue weighted by atomic mass is 19.1. The van der Waals surface area contributed by atoms with Crippen LogP contribution in [-0.2, 0) is 6.54 Å². The fourth-order valence-electron chi connectivity index (χ4n) is 2.05. The van der Waals surface area contributed by atoms with Gasteiger partial charge in [0, 0.05) is 24.6 Å². The van der Waals surface area contributed by atoms with Crippen LogP contribution in [0.15, 0.2) is 58.4 Å². The van der Waals surface area contributed by atoms with Crippen molar-refractivity contribution in [3.63, 3.8) is 0 Å². The zero-order chi connectivity index (χ0) is 15.5. The molecule has 22 heavy (non-hydrogen) atoms. The number of nitrogens with one attached hydrogen (secondary N) is 2. The molecule has 0 unspecified atom stereocenters. The molecular formula is C16H12FN3O2. The minimum atomic E-state index is -0.557. The van der Waals surface area contributed by atoms with Gasteiger partial charge in [0.1, 0.15) is 17.2 Å². The van der Waals surface area contributed by atoms with Crippen molar-refractivity contribution in [2.24, 2.45) is 0 Å². The maximum absolute atomic E-state index is 12.8. The van der Waals surface area contributed by atoms with Crippen LogP contribution in [0.25, 0.3) is 0 Å². The lowest BCUT2D eigenvalue weighted by Crippen LogP contribution is -2.36. The first-order valence-corrected chi connectivity index (χ1v) is 6.64. The molecule has 0 fully saturated rings. The normalized spacial score (nSPS) is 10.6. The van der Waals surface area contributed by atoms with Crippen LogP contribution >= 0.6 is 0 Å². The largest absolute Gasteiger partial charge is 0.376 e. The highest BCUT2D eigenvalue weighted by Gasteiger charge is 2.20. The van der Waals surface area contributed by atoms with E-state index < -0.39 is 10.9 Å². The first-order chi connectivity index (χ1) is 10.6. The molecule has 0 bridgehead atoms. The van der Waals surface area contributed by atoms with E-state index in [-0.39, 0.29) is 17.2 Å². The van der Waals surface area contributed by atoms with E-state index in [2.05, 4.69) is 15.6 Å². The Labute approximate surface area is 125 Å². The third-order valence-electron chi connectivity index (χ3n) is 3.24. The van der Waals surface area contributed by atoms with Gasteiger partial charge in [-0.15, -0.1) is 0 Å². The molecule has 0 spiro atoms. The van der Waals surface area contributed by atoms with Crippen LogP contribution in [0.3, 0.4) is 0 Å². The molecule has 0 aliphatic rings. The molecule has 0 aliphatic heterocycles. The summed E-state index contributed by atoms with van der Waals surface area (Å²) in [6.07, 6.45) is 3.17. The molecule has 5 nitrogen and oxygen atoms in total. The minimum absolute atomic E-state index is 0.235. The van der Waals surface area contributed by atoms with Gasteiger partial charge in [-0.1, -0.05) is 12.1 Å². The first kappa shape index (κ1) is 13.9. The van der Waals surface area contributed by atoms with Crippen molar-refractivity contribution in [3.05, 3.63) is 80.6 Å². The molecule has 3 aromatic rings. The average molecular weight is 297 g/mol. The van der Waals surface area contributed by atoms with E-state index in [0.29, 0.717) is 12.2 Å². The van der Waals surface area contributed by atoms with Crippen molar-refractivity contribution in [1.29, 1.82) is 0 Å². The molecule has 3 rings (SSSR count). The third kappa shape index (κ3) is 2.71. The van der Waals surface area contributed by atoms with Gasteiger partial charge in [0.2, 0.25) is 0 Å². The summed E-state index contributed by atoms with van der Waals surface area (Å²) in [5.74, 6) is -0.321. The summed E-state index contributed by atoms with van der Waals surface area (Å²) < 4.78 is 12.8. The van der Waals surface area contributed by atoms with Gasteiger partial charge in [-0.2, -0.15) is 0 Å². The van der Waals surface area contributed by atoms with E-state index in [1.54, 1.807) is 36.7 Å². The molecule has 110 valence electrons. The van der Waals surface area contributed by atoms with E-state index in [4.69, 9.17) is 0 Å². The summed E-state index contributed by atoms with van der Waals surface area (Å²) in [7, 11) is 0. The molecule has 0 atom stereocenters. The number of aromatic nitrogens is 1. The zero-order valence-electron chi connectivity index (χ0n) is 11.5. The monoisotopic (exact) mass is 297 g/mol. The van der Waals surface area contributed by atoms with Crippen molar-refractivity contribution < 1.29 is 4.39 Å². The van der Waals surface area contributed by atoms with Crippen LogP contribution in [0.1, 0.15) is 5.56 Å². The van der Waals surface area contributed by atoms with E-state index in [1.807, 2.05) is 0 Å². The Hall–Kier alpha value is -3.02. The summed E-state index contributed by atoms with van der Waals surface area (Å²) in [6.45, 7) is 0.330. The lowest BCUT2D eigenvalue weighted by molar-refractivity contribution is 0.627. The van der Waals surface area contributed by atoms with Gasteiger partial charge in [-0.25, -0.2) is 4.39 Å². The second kappa shape index (κ2) is 5.77. The lowest BCUT2D eigenvalue weighted by Gasteiger charge is -2.14. The van der Waals surface area contributed by atoms with E-state index in [9.17, 15) is 14.0 Å². The molecule has 0 saturated carbocycles. The summed E-state index contributed by atoms with van der Waals surface area (Å²) in [5, 5.41) is 5.81. The van der Waals surface area contributed by atoms with Crippen LogP contribution < -0.4 is 21.5 Å². The van der Waals surface area contributed by atoms with E-state index in [0.717, 1.165) is 5.56 Å². The van der Waals surface area contributed by atoms with Gasteiger partial charge in [-0.05, 0) is 29.8 Å². The van der Waals surface area contributed by atoms with E-state index >= 15 is 0 Å². The third-order valence-corrected chi connectivity index (χ3v) is 3.24. The fraction of sp³-hybridized carbons (Fsp3) is 0.0625. The molecule has 0 aliphatic carbocycles. The Kier molecular flexibility index (Phi) is 3.65. The Morgan fingerprint density at radius 1 is 0.909 bits per heavy atom. The number of hydrogen-bond donors (Lipinski definition) is 2. The van der Waals surface area contributed by atoms with Crippen LogP contribution in [-0.4, -0.2) is 4.98 Å². The number of halogens is 1. The average Bonchev–Trinajstić information content (AvgIpc) is 2.56. The Morgan fingerprint density at radius 2 is 1.55 bits per heavy atom. The molecule has 1 aromatic heterocycles. The second-order valence-electron chi connectivity index (χ2n) is 4.75. The predicted octanol–water partition coefficient (Wildman–Crippen LogP) is 2.17. The molecule has 0 saturated heterocycles. The van der Waals surface area contributed by atoms with Crippen LogP contribution in [0.4, 0.5) is 21.5 Å². The van der Waals surface area contributed by atoms with Crippen LogP contribution in [0.5, 0.6) is 0 Å². The molecular weight excluding hydrogens is 285 g/mol. The molecule has 0 amide bonds. The number of benzene rings is 1. The quantitative estimate of drug-likeness (QED) is 0.706. The minimum Gasteiger partial charge on any atom is -0.376 e. The van der Waals surface area contributed by atoms with Gasteiger partial charge >= 0.3 is 0 Å². The first-order valence-electron chi connectivity index (χ1n) is 6.64. The fourth-order valence-corrected chi connectivity index (χ4v) is 2.05. The van der Waals surface area contributed by atoms with Crippen molar-refractivity contribution >= 4 is 17.1 Å². The standard InChI is InChI=1S/C16H12FN3O2/c17-11-3-1-10(2-4-11)9-19-13-14(16(22)15(13)21)20-12-5-7-18-8-6-12/h1-8,19H,9H2,(H,18,20). The number of hydrogen-bond acceptors (Lipinski definition) is 5. The Morgan fingerprint density at radius 3 is 2.23 bits per heavy atom. The molecule has 6 heteroatoms. The van der Waals surface area contributed by atoms with Crippen molar-refractivity contribution in [1.82, 2.24) is 4.98 Å². The second-order valence-corrected chi connectivity index (χ2v) is 4.75. The lowest BCUT2D eigenvalue weighted by atomic mass is 10.1. The molecule has 2 aromatic carbocycles. The number of anilines is 3. The number of nitrogens with zero attached hydrogens (tertiary/aromatic N) is 1. The number of rotatable bonds is 5. The van der Waals surface area contributed by atoms with Crippen LogP contribution in [0, 0.1) is 5.82 Å². The van der Waals surface area contributed by atoms with Gasteiger partial charge < -0.3 is 10.6 Å². The highest BCUT2D eigenvalue weighted by molar-refractivity contribution is 5.78. The predicted molar refractivity (Wildman–Crippen MR) is 82.6 cm³/mol. The smallest absolute Gasteiger partial charge is 0.253 e. The van der Waals surface area contributed by atoms with E-state index in [1.165, 1.54) is 12.1 Å². The Balaban J connectivity index is 1.75. The molecule has 1 heterocycles. The summed E-state index contributed by atoms with van der Waals surface area (Å²) in [5.41, 5.74) is 0.845. The zero-order valence-corrected chi connectivity index (χ0v) is 11.5. The topological polar surface area (TPSA) is 71.1 Å². The maximum Gasteiger partial charge on any atom is 0.253 e. The van der Waals surface area contributed by atoms with Gasteiger partial charge in [0.25, 0.3) is 10.9 Å². The van der Waals surface area contributed by atoms with Gasteiger partial charge in [-0.3, -0.25) is 14.6 Å². The number of pyridine rings is 1. The van der Waals surface area contributed by atoms with Crippen molar-refractivity contribution in [3.8, 4) is 0 Å². The summed E-state index contributed by atoms with van der Waals surface area (Å²) in [6, 6.07) is 9.31. The van der Waals surface area contributed by atoms with Gasteiger partial charge in [0.05, 0.1) is 0 Å². The van der Waals surface area contributed by atoms with Crippen LogP contribution in [0.2, 0.25) is 0 Å². The van der Waals surface area contributed by atoms with Crippen molar-refractivity contribution in [2.45, 2.75) is 6.54 Å². The SMILES string of the molecule is O=c1c(NCc2ccc(F)cc2)c(Nc2ccncc2)c1=O. The van der Waals surface area contributed by atoms with Crippen molar-refractivity contribution in [2.75, 3.05) is 10.6 Å². The maximum atomic E-state index is 12.8.